The number of esters is 1. The quantitative estimate of drug-likeness (QED) is 0.602. The molecule has 7 heteroatoms. The lowest BCUT2D eigenvalue weighted by Crippen LogP contribution is -2.08. The molecule has 0 amide bonds. The van der Waals surface area contributed by atoms with Gasteiger partial charge in [0.25, 0.3) is 5.88 Å². The summed E-state index contributed by atoms with van der Waals surface area (Å²) in [5.41, 5.74) is -0.131. The summed E-state index contributed by atoms with van der Waals surface area (Å²) < 4.78 is 8.31. The van der Waals surface area contributed by atoms with E-state index in [2.05, 4.69) is 9.59 Å². The zero-order valence-electron chi connectivity index (χ0n) is 7.82. The molecule has 6 nitrogen and oxygen atoms in total. The van der Waals surface area contributed by atoms with Crippen molar-refractivity contribution < 1.29 is 19.7 Å². The summed E-state index contributed by atoms with van der Waals surface area (Å²) in [6, 6.07) is 3.57. The molecule has 0 bridgehead atoms. The van der Waals surface area contributed by atoms with E-state index >= 15 is 0 Å². The SMILES string of the molecule is O=C(Oc1csnn1)c1cc(O)ccc1O. The Morgan fingerprint density at radius 3 is 2.88 bits per heavy atom. The third-order valence-electron chi connectivity index (χ3n) is 1.74. The van der Waals surface area contributed by atoms with Crippen LogP contribution in [0.2, 0.25) is 0 Å². The summed E-state index contributed by atoms with van der Waals surface area (Å²) in [6.07, 6.45) is 0. The number of hydrogen-bond acceptors (Lipinski definition) is 7. The fourth-order valence-electron chi connectivity index (χ4n) is 1.04. The van der Waals surface area contributed by atoms with Crippen molar-refractivity contribution in [2.24, 2.45) is 0 Å². The standard InChI is InChI=1S/C9H6N2O4S/c12-5-1-2-7(13)6(3-5)9(14)15-8-4-16-11-10-8/h1-4,12-13H. The molecule has 1 aromatic heterocycles. The Morgan fingerprint density at radius 2 is 2.19 bits per heavy atom. The smallest absolute Gasteiger partial charge is 0.348 e. The van der Waals surface area contributed by atoms with E-state index in [1.807, 2.05) is 0 Å². The maximum atomic E-state index is 11.5. The summed E-state index contributed by atoms with van der Waals surface area (Å²) in [6.45, 7) is 0. The number of rotatable bonds is 2. The van der Waals surface area contributed by atoms with E-state index in [9.17, 15) is 9.90 Å². The fraction of sp³-hybridized carbons (Fsp3) is 0. The minimum atomic E-state index is -0.805. The number of ether oxygens (including phenoxy) is 1. The molecule has 0 spiro atoms. The lowest BCUT2D eigenvalue weighted by atomic mass is 10.2. The molecule has 0 aliphatic rings. The molecule has 2 aromatic rings. The first-order valence-corrected chi connectivity index (χ1v) is 5.01. The van der Waals surface area contributed by atoms with Crippen molar-refractivity contribution in [2.45, 2.75) is 0 Å². The third-order valence-corrected chi connectivity index (χ3v) is 2.22. The maximum Gasteiger partial charge on any atom is 0.348 e. The highest BCUT2D eigenvalue weighted by Crippen LogP contribution is 2.23. The Morgan fingerprint density at radius 1 is 1.38 bits per heavy atom. The first-order chi connectivity index (χ1) is 7.66. The molecule has 82 valence electrons. The van der Waals surface area contributed by atoms with Crippen molar-refractivity contribution in [1.82, 2.24) is 9.59 Å². The van der Waals surface area contributed by atoms with Gasteiger partial charge in [0.05, 0.1) is 5.38 Å². The predicted octanol–water partition coefficient (Wildman–Crippen LogP) is 1.17. The Hall–Kier alpha value is -2.15. The highest BCUT2D eigenvalue weighted by molar-refractivity contribution is 7.03. The molecule has 0 unspecified atom stereocenters. The zero-order valence-corrected chi connectivity index (χ0v) is 8.64. The van der Waals surface area contributed by atoms with Crippen LogP contribution in [0.15, 0.2) is 23.6 Å². The zero-order chi connectivity index (χ0) is 11.5. The molecule has 1 aromatic carbocycles. The highest BCUT2D eigenvalue weighted by Gasteiger charge is 2.15. The number of nitrogens with zero attached hydrogens (tertiary/aromatic N) is 2. The normalized spacial score (nSPS) is 10.0. The lowest BCUT2D eigenvalue weighted by Gasteiger charge is -2.03. The molecule has 0 radical (unpaired) electrons. The number of aromatic hydroxyl groups is 2. The average Bonchev–Trinajstić information content (AvgIpc) is 2.74. The van der Waals surface area contributed by atoms with Gasteiger partial charge in [-0.15, -0.1) is 0 Å². The number of phenols is 2. The molecule has 0 aliphatic heterocycles. The number of phenolic OH excluding ortho intramolecular Hbond substituents is 2. The van der Waals surface area contributed by atoms with E-state index in [-0.39, 0.29) is 22.9 Å². The Balaban J connectivity index is 2.24. The Labute approximate surface area is 93.9 Å². The van der Waals surface area contributed by atoms with Crippen LogP contribution in [-0.2, 0) is 0 Å². The number of carbonyl (C=O) groups is 1. The first kappa shape index (κ1) is 10.4. The second-order valence-corrected chi connectivity index (χ2v) is 3.44. The molecular formula is C9H6N2O4S. The summed E-state index contributed by atoms with van der Waals surface area (Å²) in [7, 11) is 0. The molecule has 2 rings (SSSR count). The van der Waals surface area contributed by atoms with Gasteiger partial charge in [0.15, 0.2) is 0 Å². The summed E-state index contributed by atoms with van der Waals surface area (Å²) in [4.78, 5) is 11.5. The van der Waals surface area contributed by atoms with E-state index in [0.29, 0.717) is 0 Å². The van der Waals surface area contributed by atoms with Crippen LogP contribution in [0.1, 0.15) is 10.4 Å². The van der Waals surface area contributed by atoms with Crippen LogP contribution < -0.4 is 4.74 Å². The van der Waals surface area contributed by atoms with E-state index < -0.39 is 5.97 Å². The van der Waals surface area contributed by atoms with Gasteiger partial charge in [-0.2, -0.15) is 0 Å². The van der Waals surface area contributed by atoms with Gasteiger partial charge in [-0.25, -0.2) is 4.79 Å². The van der Waals surface area contributed by atoms with Gasteiger partial charge < -0.3 is 14.9 Å². The van der Waals surface area contributed by atoms with Crippen molar-refractivity contribution in [3.8, 4) is 17.4 Å². The largest absolute Gasteiger partial charge is 0.508 e. The van der Waals surface area contributed by atoms with Crippen LogP contribution in [0.3, 0.4) is 0 Å². The van der Waals surface area contributed by atoms with E-state index in [1.54, 1.807) is 0 Å². The monoisotopic (exact) mass is 238 g/mol. The Bertz CT molecular complexity index is 512. The van der Waals surface area contributed by atoms with Gasteiger partial charge in [0.2, 0.25) is 0 Å². The second-order valence-electron chi connectivity index (χ2n) is 2.83. The Kier molecular flexibility index (Phi) is 2.69. The van der Waals surface area contributed by atoms with Gasteiger partial charge in [-0.05, 0) is 29.7 Å². The minimum Gasteiger partial charge on any atom is -0.508 e. The fourth-order valence-corrected chi connectivity index (χ4v) is 1.40. The number of benzene rings is 1. The van der Waals surface area contributed by atoms with Gasteiger partial charge in [-0.1, -0.05) is 9.59 Å². The average molecular weight is 238 g/mol. The first-order valence-electron chi connectivity index (χ1n) is 4.18. The highest BCUT2D eigenvalue weighted by atomic mass is 32.1. The van der Waals surface area contributed by atoms with Crippen LogP contribution in [0.4, 0.5) is 0 Å². The maximum absolute atomic E-state index is 11.5. The van der Waals surface area contributed by atoms with Crippen molar-refractivity contribution in [1.29, 1.82) is 0 Å². The van der Waals surface area contributed by atoms with Crippen LogP contribution in [-0.4, -0.2) is 25.8 Å². The molecule has 0 saturated heterocycles. The molecule has 0 fully saturated rings. The lowest BCUT2D eigenvalue weighted by molar-refractivity contribution is 0.0724. The topological polar surface area (TPSA) is 92.5 Å². The number of hydrogen-bond donors (Lipinski definition) is 2. The molecule has 0 saturated carbocycles. The predicted molar refractivity (Wildman–Crippen MR) is 54.6 cm³/mol. The van der Waals surface area contributed by atoms with Gasteiger partial charge in [0.1, 0.15) is 17.1 Å². The van der Waals surface area contributed by atoms with Crippen molar-refractivity contribution in [2.75, 3.05) is 0 Å². The van der Waals surface area contributed by atoms with E-state index in [4.69, 9.17) is 9.84 Å². The van der Waals surface area contributed by atoms with Crippen molar-refractivity contribution in [3.63, 3.8) is 0 Å². The van der Waals surface area contributed by atoms with Crippen LogP contribution in [0, 0.1) is 0 Å². The van der Waals surface area contributed by atoms with E-state index in [0.717, 1.165) is 17.6 Å². The number of aromatic nitrogens is 2. The molecular weight excluding hydrogens is 232 g/mol. The number of carbonyl (C=O) groups excluding carboxylic acids is 1. The van der Waals surface area contributed by atoms with Gasteiger partial charge in [-0.3, -0.25) is 0 Å². The molecule has 0 aliphatic carbocycles. The van der Waals surface area contributed by atoms with Crippen molar-refractivity contribution >= 4 is 17.5 Å². The van der Waals surface area contributed by atoms with Gasteiger partial charge in [0, 0.05) is 0 Å². The molecule has 2 N–H and O–H groups in total. The van der Waals surface area contributed by atoms with Crippen molar-refractivity contribution in [3.05, 3.63) is 29.1 Å². The summed E-state index contributed by atoms with van der Waals surface area (Å²) in [5, 5.41) is 23.5. The molecule has 0 atom stereocenters. The van der Waals surface area contributed by atoms with Crippen LogP contribution >= 0.6 is 11.5 Å². The van der Waals surface area contributed by atoms with E-state index in [1.165, 1.54) is 17.5 Å². The third kappa shape index (κ3) is 2.09. The summed E-state index contributed by atoms with van der Waals surface area (Å²) >= 11 is 1.03. The van der Waals surface area contributed by atoms with Crippen LogP contribution in [0.5, 0.6) is 17.4 Å². The molecule has 16 heavy (non-hydrogen) atoms. The second kappa shape index (κ2) is 4.15. The van der Waals surface area contributed by atoms with Gasteiger partial charge >= 0.3 is 5.97 Å². The molecule has 1 heterocycles. The van der Waals surface area contributed by atoms with Crippen LogP contribution in [0.25, 0.3) is 0 Å². The minimum absolute atomic E-state index is 0.0535. The summed E-state index contributed by atoms with van der Waals surface area (Å²) in [5.74, 6) is -1.16.